The van der Waals surface area contributed by atoms with E-state index in [1.54, 1.807) is 36.3 Å². The summed E-state index contributed by atoms with van der Waals surface area (Å²) in [6.07, 6.45) is 2.49. The second-order valence-electron chi connectivity index (χ2n) is 7.04. The number of nitrogens with zero attached hydrogens (tertiary/aromatic N) is 1. The molecule has 1 atom stereocenters. The number of ether oxygens (including phenoxy) is 2. The van der Waals surface area contributed by atoms with Crippen LogP contribution in [0.4, 0.5) is 0 Å². The van der Waals surface area contributed by atoms with Crippen LogP contribution in [0.15, 0.2) is 48.5 Å². The highest BCUT2D eigenvalue weighted by atomic mass is 16.5. The number of hydrogen-bond donors (Lipinski definition) is 1. The standard InChI is InChI=1S/C23H28N2O4/c1-3-29-20-11-7-17(8-12-20)16-25(21-6-4-5-15-24-22(21)26)23(27)18-9-13-19(28-2)14-10-18/h7-14,21H,3-6,15-16H2,1-2H3,(H,24,26). The summed E-state index contributed by atoms with van der Waals surface area (Å²) in [6.45, 7) is 3.55. The molecule has 1 aliphatic rings. The molecule has 0 radical (unpaired) electrons. The van der Waals surface area contributed by atoms with Gasteiger partial charge in [0, 0.05) is 18.7 Å². The molecule has 0 aromatic heterocycles. The molecule has 0 spiro atoms. The zero-order chi connectivity index (χ0) is 20.6. The minimum absolute atomic E-state index is 0.0877. The lowest BCUT2D eigenvalue weighted by Gasteiger charge is -2.30. The number of rotatable bonds is 7. The van der Waals surface area contributed by atoms with Gasteiger partial charge in [-0.2, -0.15) is 0 Å². The first-order valence-corrected chi connectivity index (χ1v) is 10.1. The van der Waals surface area contributed by atoms with E-state index in [4.69, 9.17) is 9.47 Å². The predicted molar refractivity (Wildman–Crippen MR) is 111 cm³/mol. The Morgan fingerprint density at radius 1 is 1.07 bits per heavy atom. The largest absolute Gasteiger partial charge is 0.497 e. The molecule has 0 saturated carbocycles. The Balaban J connectivity index is 1.87. The van der Waals surface area contributed by atoms with Crippen LogP contribution in [0.2, 0.25) is 0 Å². The van der Waals surface area contributed by atoms with E-state index in [1.165, 1.54) is 0 Å². The molecule has 1 N–H and O–H groups in total. The van der Waals surface area contributed by atoms with Gasteiger partial charge in [0.05, 0.1) is 13.7 Å². The summed E-state index contributed by atoms with van der Waals surface area (Å²) in [4.78, 5) is 27.7. The van der Waals surface area contributed by atoms with Crippen LogP contribution >= 0.6 is 0 Å². The van der Waals surface area contributed by atoms with Gasteiger partial charge in [0.15, 0.2) is 0 Å². The van der Waals surface area contributed by atoms with Gasteiger partial charge >= 0.3 is 0 Å². The topological polar surface area (TPSA) is 67.9 Å². The first-order valence-electron chi connectivity index (χ1n) is 10.1. The summed E-state index contributed by atoms with van der Waals surface area (Å²) in [6, 6.07) is 14.2. The summed E-state index contributed by atoms with van der Waals surface area (Å²) in [5.41, 5.74) is 1.49. The van der Waals surface area contributed by atoms with E-state index in [0.29, 0.717) is 37.4 Å². The van der Waals surface area contributed by atoms with E-state index in [0.717, 1.165) is 24.2 Å². The Labute approximate surface area is 171 Å². The zero-order valence-electron chi connectivity index (χ0n) is 17.0. The Kier molecular flexibility index (Phi) is 7.11. The maximum atomic E-state index is 13.4. The predicted octanol–water partition coefficient (Wildman–Crippen LogP) is 3.41. The monoisotopic (exact) mass is 396 g/mol. The third kappa shape index (κ3) is 5.28. The molecule has 0 bridgehead atoms. The highest BCUT2D eigenvalue weighted by molar-refractivity contribution is 5.97. The van der Waals surface area contributed by atoms with E-state index < -0.39 is 6.04 Å². The molecule has 0 aliphatic carbocycles. The summed E-state index contributed by atoms with van der Waals surface area (Å²) < 4.78 is 10.7. The smallest absolute Gasteiger partial charge is 0.254 e. The normalized spacial score (nSPS) is 16.5. The second-order valence-corrected chi connectivity index (χ2v) is 7.04. The fourth-order valence-electron chi connectivity index (χ4n) is 3.50. The Bertz CT molecular complexity index is 818. The number of hydrogen-bond acceptors (Lipinski definition) is 4. The van der Waals surface area contributed by atoms with Crippen molar-refractivity contribution in [1.29, 1.82) is 0 Å². The van der Waals surface area contributed by atoms with Crippen LogP contribution < -0.4 is 14.8 Å². The maximum Gasteiger partial charge on any atom is 0.254 e. The van der Waals surface area contributed by atoms with Crippen molar-refractivity contribution >= 4 is 11.8 Å². The van der Waals surface area contributed by atoms with Crippen molar-refractivity contribution in [3.63, 3.8) is 0 Å². The fraction of sp³-hybridized carbons (Fsp3) is 0.391. The summed E-state index contributed by atoms with van der Waals surface area (Å²) in [5.74, 6) is 1.22. The van der Waals surface area contributed by atoms with Gasteiger partial charge in [0.2, 0.25) is 5.91 Å². The summed E-state index contributed by atoms with van der Waals surface area (Å²) in [7, 11) is 1.59. The molecular formula is C23H28N2O4. The number of amides is 2. The van der Waals surface area contributed by atoms with E-state index in [9.17, 15) is 9.59 Å². The molecule has 3 rings (SSSR count). The van der Waals surface area contributed by atoms with Crippen LogP contribution in [0.25, 0.3) is 0 Å². The average molecular weight is 396 g/mol. The van der Waals surface area contributed by atoms with Crippen LogP contribution in [-0.2, 0) is 11.3 Å². The summed E-state index contributed by atoms with van der Waals surface area (Å²) >= 11 is 0. The number of benzene rings is 2. The van der Waals surface area contributed by atoms with Crippen molar-refractivity contribution in [2.45, 2.75) is 38.8 Å². The van der Waals surface area contributed by atoms with E-state index in [-0.39, 0.29) is 11.8 Å². The lowest BCUT2D eigenvalue weighted by molar-refractivity contribution is -0.125. The molecule has 2 aromatic rings. The molecule has 1 unspecified atom stereocenters. The van der Waals surface area contributed by atoms with Crippen LogP contribution in [0, 0.1) is 0 Å². The van der Waals surface area contributed by atoms with Gasteiger partial charge in [-0.25, -0.2) is 0 Å². The summed E-state index contributed by atoms with van der Waals surface area (Å²) in [5, 5.41) is 2.94. The van der Waals surface area contributed by atoms with Gasteiger partial charge in [-0.15, -0.1) is 0 Å². The molecular weight excluding hydrogens is 368 g/mol. The minimum atomic E-state index is -0.487. The van der Waals surface area contributed by atoms with Crippen molar-refractivity contribution in [2.24, 2.45) is 0 Å². The minimum Gasteiger partial charge on any atom is -0.497 e. The lowest BCUT2D eigenvalue weighted by atomic mass is 10.0. The van der Waals surface area contributed by atoms with Gasteiger partial charge in [-0.3, -0.25) is 9.59 Å². The number of methoxy groups -OCH3 is 1. The van der Waals surface area contributed by atoms with Crippen LogP contribution in [-0.4, -0.2) is 43.0 Å². The first kappa shape index (κ1) is 20.7. The van der Waals surface area contributed by atoms with Gasteiger partial charge in [-0.05, 0) is 68.1 Å². The van der Waals surface area contributed by atoms with Gasteiger partial charge in [0.25, 0.3) is 5.91 Å². The van der Waals surface area contributed by atoms with Gasteiger partial charge < -0.3 is 19.7 Å². The van der Waals surface area contributed by atoms with Crippen LogP contribution in [0.3, 0.4) is 0 Å². The molecule has 6 nitrogen and oxygen atoms in total. The second kappa shape index (κ2) is 9.96. The van der Waals surface area contributed by atoms with Crippen molar-refractivity contribution in [1.82, 2.24) is 10.2 Å². The van der Waals surface area contributed by atoms with Gasteiger partial charge in [-0.1, -0.05) is 12.1 Å². The molecule has 1 aliphatic heterocycles. The lowest BCUT2D eigenvalue weighted by Crippen LogP contribution is -2.48. The zero-order valence-corrected chi connectivity index (χ0v) is 17.0. The molecule has 29 heavy (non-hydrogen) atoms. The third-order valence-electron chi connectivity index (χ3n) is 5.07. The van der Waals surface area contributed by atoms with Crippen LogP contribution in [0.5, 0.6) is 11.5 Å². The Hall–Kier alpha value is -3.02. The Morgan fingerprint density at radius 2 is 1.76 bits per heavy atom. The third-order valence-corrected chi connectivity index (χ3v) is 5.07. The average Bonchev–Trinajstić information content (AvgIpc) is 2.97. The molecule has 6 heteroatoms. The van der Waals surface area contributed by atoms with Gasteiger partial charge in [0.1, 0.15) is 17.5 Å². The first-order chi connectivity index (χ1) is 14.1. The SMILES string of the molecule is CCOc1ccc(CN(C(=O)c2ccc(OC)cc2)C2CCCCNC2=O)cc1. The number of nitrogens with one attached hydrogen (secondary N) is 1. The molecule has 1 heterocycles. The Morgan fingerprint density at radius 3 is 2.41 bits per heavy atom. The van der Waals surface area contributed by atoms with Crippen molar-refractivity contribution in [3.8, 4) is 11.5 Å². The van der Waals surface area contributed by atoms with E-state index in [1.807, 2.05) is 31.2 Å². The molecule has 2 amide bonds. The van der Waals surface area contributed by atoms with E-state index >= 15 is 0 Å². The fourth-order valence-corrected chi connectivity index (χ4v) is 3.50. The highest BCUT2D eigenvalue weighted by Crippen LogP contribution is 2.22. The van der Waals surface area contributed by atoms with E-state index in [2.05, 4.69) is 5.32 Å². The number of carbonyl (C=O) groups is 2. The quantitative estimate of drug-likeness (QED) is 0.779. The molecule has 1 fully saturated rings. The van der Waals surface area contributed by atoms with Crippen molar-refractivity contribution in [3.05, 3.63) is 59.7 Å². The number of carbonyl (C=O) groups excluding carboxylic acids is 2. The maximum absolute atomic E-state index is 13.4. The molecule has 1 saturated heterocycles. The van der Waals surface area contributed by atoms with Crippen molar-refractivity contribution in [2.75, 3.05) is 20.3 Å². The van der Waals surface area contributed by atoms with Crippen molar-refractivity contribution < 1.29 is 19.1 Å². The highest BCUT2D eigenvalue weighted by Gasteiger charge is 2.31. The van der Waals surface area contributed by atoms with Crippen LogP contribution in [0.1, 0.15) is 42.1 Å². The molecule has 154 valence electrons. The molecule has 2 aromatic carbocycles.